The summed E-state index contributed by atoms with van der Waals surface area (Å²) in [7, 11) is 0. The van der Waals surface area contributed by atoms with Crippen molar-refractivity contribution in [1.82, 2.24) is 29.5 Å². The summed E-state index contributed by atoms with van der Waals surface area (Å²) in [5.41, 5.74) is 2.41. The largest absolute Gasteiger partial charge is 0.493 e. The Morgan fingerprint density at radius 1 is 1.25 bits per heavy atom. The quantitative estimate of drug-likeness (QED) is 0.377. The van der Waals surface area contributed by atoms with Gasteiger partial charge in [0.2, 0.25) is 5.88 Å². The maximum absolute atomic E-state index is 13.2. The van der Waals surface area contributed by atoms with E-state index in [2.05, 4.69) is 15.1 Å². The van der Waals surface area contributed by atoms with Gasteiger partial charge in [-0.25, -0.2) is 9.78 Å². The van der Waals surface area contributed by atoms with Crippen molar-refractivity contribution in [3.05, 3.63) is 55.5 Å². The molecule has 2 aliphatic rings. The number of rotatable bonds is 4. The highest BCUT2D eigenvalue weighted by Gasteiger charge is 2.27. The zero-order valence-corrected chi connectivity index (χ0v) is 20.6. The number of amides is 1. The van der Waals surface area contributed by atoms with E-state index in [0.29, 0.717) is 40.0 Å². The van der Waals surface area contributed by atoms with Gasteiger partial charge in [-0.2, -0.15) is 9.61 Å². The first-order chi connectivity index (χ1) is 17.3. The molecule has 4 aromatic heterocycles. The lowest BCUT2D eigenvalue weighted by molar-refractivity contribution is -0.0585. The number of nitrogens with one attached hydrogen (secondary N) is 2. The summed E-state index contributed by atoms with van der Waals surface area (Å²) in [6.45, 7) is 5.08. The molecule has 0 bridgehead atoms. The van der Waals surface area contributed by atoms with Gasteiger partial charge in [-0.05, 0) is 38.8 Å². The summed E-state index contributed by atoms with van der Waals surface area (Å²) in [5.74, 6) is -0.270. The number of aromatic amines is 2. The van der Waals surface area contributed by atoms with E-state index in [0.717, 1.165) is 18.4 Å². The number of thiophene rings is 1. The van der Waals surface area contributed by atoms with Crippen LogP contribution in [0.15, 0.2) is 33.5 Å². The topological polar surface area (TPSA) is 141 Å². The van der Waals surface area contributed by atoms with Crippen molar-refractivity contribution in [3.8, 4) is 17.1 Å². The van der Waals surface area contributed by atoms with Gasteiger partial charge in [-0.1, -0.05) is 0 Å². The van der Waals surface area contributed by atoms with Crippen molar-refractivity contribution in [2.24, 2.45) is 4.99 Å². The SMILES string of the molecule is CC1CN(C(=O)c2cc(-c3cc(=NC4CC4)n4nc/c(=C\c5[nH]c(=O)[nH]c5O)c4n3)cs2)CC(C)O1. The summed E-state index contributed by atoms with van der Waals surface area (Å²) < 4.78 is 7.42. The zero-order chi connectivity index (χ0) is 25.0. The number of imidazole rings is 1. The van der Waals surface area contributed by atoms with Crippen molar-refractivity contribution < 1.29 is 14.6 Å². The third-order valence-corrected chi connectivity index (χ3v) is 7.11. The fourth-order valence-corrected chi connectivity index (χ4v) is 5.29. The number of hydrogen-bond donors (Lipinski definition) is 3. The summed E-state index contributed by atoms with van der Waals surface area (Å²) in [6.07, 6.45) is 5.29. The molecule has 1 amide bonds. The van der Waals surface area contributed by atoms with Crippen LogP contribution in [0.2, 0.25) is 0 Å². The molecule has 1 saturated heterocycles. The van der Waals surface area contributed by atoms with Crippen LogP contribution >= 0.6 is 11.3 Å². The number of fused-ring (bicyclic) bond motifs is 1. The minimum absolute atomic E-state index is 0.00117. The molecule has 1 aliphatic carbocycles. The molecule has 36 heavy (non-hydrogen) atoms. The molecule has 5 heterocycles. The number of H-pyrrole nitrogens is 2. The maximum Gasteiger partial charge on any atom is 0.326 e. The van der Waals surface area contributed by atoms with Crippen LogP contribution < -0.4 is 16.4 Å². The first kappa shape index (κ1) is 22.7. The lowest BCUT2D eigenvalue weighted by Gasteiger charge is -2.35. The van der Waals surface area contributed by atoms with E-state index in [1.54, 1.807) is 16.8 Å². The van der Waals surface area contributed by atoms with E-state index >= 15 is 0 Å². The number of morpholine rings is 1. The van der Waals surface area contributed by atoms with E-state index in [-0.39, 0.29) is 35.7 Å². The Hall–Kier alpha value is -3.77. The number of aromatic nitrogens is 5. The van der Waals surface area contributed by atoms with Gasteiger partial charge >= 0.3 is 5.69 Å². The van der Waals surface area contributed by atoms with E-state index in [1.165, 1.54) is 11.3 Å². The predicted molar refractivity (Wildman–Crippen MR) is 133 cm³/mol. The van der Waals surface area contributed by atoms with Gasteiger partial charge in [0.25, 0.3) is 5.91 Å². The van der Waals surface area contributed by atoms with Gasteiger partial charge in [-0.15, -0.1) is 11.3 Å². The Kier molecular flexibility index (Phi) is 5.49. The smallest absolute Gasteiger partial charge is 0.326 e. The van der Waals surface area contributed by atoms with Gasteiger partial charge < -0.3 is 19.7 Å². The van der Waals surface area contributed by atoms with Crippen molar-refractivity contribution in [1.29, 1.82) is 0 Å². The number of nitrogens with zero attached hydrogens (tertiary/aromatic N) is 5. The minimum Gasteiger partial charge on any atom is -0.493 e. The van der Waals surface area contributed by atoms with Crippen molar-refractivity contribution in [2.75, 3.05) is 13.1 Å². The van der Waals surface area contributed by atoms with Crippen LogP contribution in [0.4, 0.5) is 0 Å². The first-order valence-corrected chi connectivity index (χ1v) is 12.7. The number of aromatic hydroxyl groups is 1. The molecule has 2 atom stereocenters. The second kappa shape index (κ2) is 8.71. The Morgan fingerprint density at radius 3 is 2.72 bits per heavy atom. The lowest BCUT2D eigenvalue weighted by atomic mass is 10.2. The standard InChI is InChI=1S/C24H25N7O4S/c1-12-9-30(10-13(2)35-12)23(33)19-6-15(11-36-19)17-7-20(26-16-3-4-16)31-21(27-17)14(8-25-31)5-18-22(32)29-24(34)28-18/h5-8,11-13,16,32H,3-4,9-10H2,1-2H3,(H2,28,29,34)/b14-5+,26-20?. The Bertz CT molecular complexity index is 1630. The molecule has 1 aliphatic heterocycles. The van der Waals surface area contributed by atoms with E-state index in [4.69, 9.17) is 14.7 Å². The molecule has 2 fully saturated rings. The third-order valence-electron chi connectivity index (χ3n) is 6.19. The minimum atomic E-state index is -0.507. The van der Waals surface area contributed by atoms with E-state index < -0.39 is 5.69 Å². The summed E-state index contributed by atoms with van der Waals surface area (Å²) in [4.78, 5) is 41.7. The fraction of sp³-hybridized carbons (Fsp3) is 0.375. The molecule has 12 heteroatoms. The first-order valence-electron chi connectivity index (χ1n) is 11.8. The summed E-state index contributed by atoms with van der Waals surface area (Å²) >= 11 is 1.39. The van der Waals surface area contributed by atoms with Crippen molar-refractivity contribution in [3.63, 3.8) is 0 Å². The third kappa shape index (κ3) is 4.33. The van der Waals surface area contributed by atoms with Crippen LogP contribution in [-0.2, 0) is 4.74 Å². The Labute approximate surface area is 208 Å². The van der Waals surface area contributed by atoms with Gasteiger partial charge in [0.1, 0.15) is 5.69 Å². The molecular formula is C24H25N7O4S. The highest BCUT2D eigenvalue weighted by molar-refractivity contribution is 7.12. The van der Waals surface area contributed by atoms with Crippen molar-refractivity contribution in [2.45, 2.75) is 44.9 Å². The Balaban J connectivity index is 1.42. The molecule has 11 nitrogen and oxygen atoms in total. The van der Waals surface area contributed by atoms with Gasteiger partial charge in [-0.3, -0.25) is 14.8 Å². The second-order valence-electron chi connectivity index (χ2n) is 9.35. The number of ether oxygens (including phenoxy) is 1. The second-order valence-corrected chi connectivity index (χ2v) is 10.3. The number of carbonyl (C=O) groups is 1. The van der Waals surface area contributed by atoms with Gasteiger partial charge in [0.15, 0.2) is 11.1 Å². The maximum atomic E-state index is 13.2. The monoisotopic (exact) mass is 507 g/mol. The van der Waals surface area contributed by atoms with Crippen LogP contribution in [0.25, 0.3) is 23.0 Å². The van der Waals surface area contributed by atoms with E-state index in [1.807, 2.05) is 36.3 Å². The lowest BCUT2D eigenvalue weighted by Crippen LogP contribution is -2.48. The van der Waals surface area contributed by atoms with Crippen LogP contribution in [0, 0.1) is 0 Å². The molecule has 0 spiro atoms. The molecule has 6 rings (SSSR count). The molecule has 0 radical (unpaired) electrons. The molecule has 4 aromatic rings. The number of hydrogen-bond acceptors (Lipinski definition) is 8. The zero-order valence-electron chi connectivity index (χ0n) is 19.8. The molecule has 186 valence electrons. The molecule has 1 saturated carbocycles. The number of carbonyl (C=O) groups excluding carboxylic acids is 1. The van der Waals surface area contributed by atoms with Gasteiger partial charge in [0, 0.05) is 35.3 Å². The van der Waals surface area contributed by atoms with Crippen LogP contribution in [-0.4, -0.2) is 71.8 Å². The van der Waals surface area contributed by atoms with Crippen LogP contribution in [0.1, 0.15) is 42.1 Å². The van der Waals surface area contributed by atoms with Crippen LogP contribution in [0.5, 0.6) is 5.88 Å². The highest BCUT2D eigenvalue weighted by atomic mass is 32.1. The highest BCUT2D eigenvalue weighted by Crippen LogP contribution is 2.26. The predicted octanol–water partition coefficient (Wildman–Crippen LogP) is 1.04. The summed E-state index contributed by atoms with van der Waals surface area (Å²) in [6, 6.07) is 4.01. The van der Waals surface area contributed by atoms with Crippen LogP contribution in [0.3, 0.4) is 0 Å². The molecule has 3 N–H and O–H groups in total. The Morgan fingerprint density at radius 2 is 2.03 bits per heavy atom. The van der Waals surface area contributed by atoms with Gasteiger partial charge in [0.05, 0.1) is 35.0 Å². The average molecular weight is 508 g/mol. The average Bonchev–Trinajstić information content (AvgIpc) is 3.22. The normalized spacial score (nSPS) is 21.6. The fourth-order valence-electron chi connectivity index (χ4n) is 4.43. The van der Waals surface area contributed by atoms with E-state index in [9.17, 15) is 14.7 Å². The molecular weight excluding hydrogens is 482 g/mol. The summed E-state index contributed by atoms with van der Waals surface area (Å²) in [5, 5.41) is 17.0. The molecule has 0 aromatic carbocycles. The molecule has 2 unspecified atom stereocenters. The van der Waals surface area contributed by atoms with Crippen molar-refractivity contribution >= 4 is 29.0 Å².